The average molecular weight is 353 g/mol. The number of aryl methyl sites for hydroxylation is 1. The molecule has 0 saturated heterocycles. The highest BCUT2D eigenvalue weighted by Crippen LogP contribution is 2.19. The van der Waals surface area contributed by atoms with E-state index in [1.165, 1.54) is 17.3 Å². The normalized spacial score (nSPS) is 10.6. The first-order valence-electron chi connectivity index (χ1n) is 8.09. The van der Waals surface area contributed by atoms with Gasteiger partial charge in [-0.2, -0.15) is 4.98 Å². The summed E-state index contributed by atoms with van der Waals surface area (Å²) in [7, 11) is 0. The molecule has 0 aliphatic rings. The first-order valence-corrected chi connectivity index (χ1v) is 9.24. The Morgan fingerprint density at radius 2 is 1.88 bits per heavy atom. The lowest BCUT2D eigenvalue weighted by molar-refractivity contribution is -0.113. The fraction of sp³-hybridized carbons (Fsp3) is 0.211. The van der Waals surface area contributed by atoms with Crippen molar-refractivity contribution < 1.29 is 9.32 Å². The van der Waals surface area contributed by atoms with Crippen LogP contribution in [0.25, 0.3) is 11.4 Å². The summed E-state index contributed by atoms with van der Waals surface area (Å²) in [6.07, 6.45) is 0.999. The Morgan fingerprint density at radius 1 is 1.12 bits per heavy atom. The van der Waals surface area contributed by atoms with Crippen molar-refractivity contribution in [3.8, 4) is 11.4 Å². The van der Waals surface area contributed by atoms with Crippen LogP contribution in [0.1, 0.15) is 18.4 Å². The molecule has 1 N–H and O–H groups in total. The zero-order valence-electron chi connectivity index (χ0n) is 13.9. The van der Waals surface area contributed by atoms with Gasteiger partial charge in [-0.05, 0) is 24.1 Å². The predicted molar refractivity (Wildman–Crippen MR) is 100 cm³/mol. The minimum absolute atomic E-state index is 0.0499. The van der Waals surface area contributed by atoms with Crippen molar-refractivity contribution in [1.82, 2.24) is 10.1 Å². The Hall–Kier alpha value is -2.60. The molecule has 3 rings (SSSR count). The summed E-state index contributed by atoms with van der Waals surface area (Å²) in [6, 6.07) is 17.5. The summed E-state index contributed by atoms with van der Waals surface area (Å²) in [5.74, 6) is 1.88. The highest BCUT2D eigenvalue weighted by molar-refractivity contribution is 7.99. The topological polar surface area (TPSA) is 68.0 Å². The van der Waals surface area contributed by atoms with Gasteiger partial charge in [-0.3, -0.25) is 4.79 Å². The van der Waals surface area contributed by atoms with Crippen LogP contribution >= 0.6 is 11.8 Å². The molecule has 5 nitrogen and oxygen atoms in total. The maximum absolute atomic E-state index is 11.9. The van der Waals surface area contributed by atoms with Gasteiger partial charge in [0, 0.05) is 11.3 Å². The largest absolute Gasteiger partial charge is 0.338 e. The van der Waals surface area contributed by atoms with Gasteiger partial charge in [-0.1, -0.05) is 54.5 Å². The van der Waals surface area contributed by atoms with Crippen molar-refractivity contribution in [3.05, 3.63) is 66.1 Å². The summed E-state index contributed by atoms with van der Waals surface area (Å²) in [4.78, 5) is 16.3. The van der Waals surface area contributed by atoms with Gasteiger partial charge in [-0.25, -0.2) is 0 Å². The number of aromatic nitrogens is 2. The van der Waals surface area contributed by atoms with E-state index >= 15 is 0 Å². The molecule has 6 heteroatoms. The highest BCUT2D eigenvalue weighted by Gasteiger charge is 2.10. The molecule has 0 saturated carbocycles. The minimum atomic E-state index is -0.0499. The molecule has 128 valence electrons. The molecule has 25 heavy (non-hydrogen) atoms. The number of nitrogens with one attached hydrogen (secondary N) is 1. The number of amides is 1. The molecule has 3 aromatic rings. The SMILES string of the molecule is CCc1ccc(-c2noc(CSCC(=O)Nc3ccccc3)n2)cc1. The van der Waals surface area contributed by atoms with Gasteiger partial charge < -0.3 is 9.84 Å². The van der Waals surface area contributed by atoms with Gasteiger partial charge in [0.2, 0.25) is 17.6 Å². The standard InChI is InChI=1S/C19H19N3O2S/c1-2-14-8-10-15(11-9-14)19-21-18(24-22-19)13-25-12-17(23)20-16-6-4-3-5-7-16/h3-11H,2,12-13H2,1H3,(H,20,23). The fourth-order valence-electron chi connectivity index (χ4n) is 2.27. The molecular weight excluding hydrogens is 334 g/mol. The first-order chi connectivity index (χ1) is 12.2. The van der Waals surface area contributed by atoms with Crippen molar-refractivity contribution in [2.24, 2.45) is 0 Å². The van der Waals surface area contributed by atoms with Crippen LogP contribution < -0.4 is 5.32 Å². The van der Waals surface area contributed by atoms with E-state index in [4.69, 9.17) is 4.52 Å². The van der Waals surface area contributed by atoms with E-state index in [0.717, 1.165) is 17.7 Å². The van der Waals surface area contributed by atoms with Crippen LogP contribution in [-0.2, 0) is 17.0 Å². The first kappa shape index (κ1) is 17.2. The molecule has 0 atom stereocenters. The second-order valence-corrected chi connectivity index (χ2v) is 6.45. The summed E-state index contributed by atoms with van der Waals surface area (Å²) in [5, 5.41) is 6.85. The minimum Gasteiger partial charge on any atom is -0.338 e. The number of benzene rings is 2. The van der Waals surface area contributed by atoms with Gasteiger partial charge in [0.1, 0.15) is 0 Å². The zero-order valence-corrected chi connectivity index (χ0v) is 14.8. The summed E-state index contributed by atoms with van der Waals surface area (Å²) < 4.78 is 5.26. The number of carbonyl (C=O) groups is 1. The average Bonchev–Trinajstić information content (AvgIpc) is 3.11. The maximum atomic E-state index is 11.9. The molecule has 1 amide bonds. The van der Waals surface area contributed by atoms with Crippen LogP contribution in [0.3, 0.4) is 0 Å². The fourth-order valence-corrected chi connectivity index (χ4v) is 2.92. The third-order valence-electron chi connectivity index (χ3n) is 3.60. The van der Waals surface area contributed by atoms with Crippen LogP contribution in [0, 0.1) is 0 Å². The predicted octanol–water partition coefficient (Wildman–Crippen LogP) is 4.17. The third-order valence-corrected chi connectivity index (χ3v) is 4.52. The van der Waals surface area contributed by atoms with Crippen LogP contribution in [-0.4, -0.2) is 21.8 Å². The molecule has 0 aliphatic heterocycles. The smallest absolute Gasteiger partial charge is 0.236 e. The third kappa shape index (κ3) is 4.93. The quantitative estimate of drug-likeness (QED) is 0.690. The van der Waals surface area contributed by atoms with E-state index in [1.807, 2.05) is 42.5 Å². The van der Waals surface area contributed by atoms with Crippen LogP contribution in [0.5, 0.6) is 0 Å². The number of nitrogens with zero attached hydrogens (tertiary/aromatic N) is 2. The molecule has 0 fully saturated rings. The number of hydrogen-bond acceptors (Lipinski definition) is 5. The molecule has 1 aromatic heterocycles. The molecule has 0 radical (unpaired) electrons. The lowest BCUT2D eigenvalue weighted by Gasteiger charge is -2.03. The number of rotatable bonds is 7. The number of hydrogen-bond donors (Lipinski definition) is 1. The number of thioether (sulfide) groups is 1. The zero-order chi connectivity index (χ0) is 17.5. The molecule has 0 bridgehead atoms. The highest BCUT2D eigenvalue weighted by atomic mass is 32.2. The number of para-hydroxylation sites is 1. The van der Waals surface area contributed by atoms with Crippen LogP contribution in [0.15, 0.2) is 59.1 Å². The monoisotopic (exact) mass is 353 g/mol. The number of anilines is 1. The molecular formula is C19H19N3O2S. The lowest BCUT2D eigenvalue weighted by atomic mass is 10.1. The van der Waals surface area contributed by atoms with Crippen molar-refractivity contribution in [2.75, 3.05) is 11.1 Å². The van der Waals surface area contributed by atoms with E-state index in [2.05, 4.69) is 34.5 Å². The molecule has 0 spiro atoms. The summed E-state index contributed by atoms with van der Waals surface area (Å²) in [5.41, 5.74) is 3.00. The summed E-state index contributed by atoms with van der Waals surface area (Å²) in [6.45, 7) is 2.12. The Kier molecular flexibility index (Phi) is 5.85. The van der Waals surface area contributed by atoms with Gasteiger partial charge in [0.25, 0.3) is 0 Å². The van der Waals surface area contributed by atoms with E-state index in [-0.39, 0.29) is 5.91 Å². The molecule has 2 aromatic carbocycles. The van der Waals surface area contributed by atoms with Gasteiger partial charge in [0.05, 0.1) is 11.5 Å². The molecule has 1 heterocycles. The van der Waals surface area contributed by atoms with E-state index in [1.54, 1.807) is 0 Å². The van der Waals surface area contributed by atoms with Crippen LogP contribution in [0.4, 0.5) is 5.69 Å². The Morgan fingerprint density at radius 3 is 2.60 bits per heavy atom. The van der Waals surface area contributed by atoms with E-state index in [9.17, 15) is 4.79 Å². The van der Waals surface area contributed by atoms with Crippen molar-refractivity contribution in [3.63, 3.8) is 0 Å². The van der Waals surface area contributed by atoms with Gasteiger partial charge in [-0.15, -0.1) is 11.8 Å². The van der Waals surface area contributed by atoms with Crippen molar-refractivity contribution >= 4 is 23.4 Å². The van der Waals surface area contributed by atoms with Gasteiger partial charge >= 0.3 is 0 Å². The Bertz CT molecular complexity index is 816. The molecule has 0 aliphatic carbocycles. The van der Waals surface area contributed by atoms with Crippen LogP contribution in [0.2, 0.25) is 0 Å². The maximum Gasteiger partial charge on any atom is 0.236 e. The Labute approximate surface area is 150 Å². The Balaban J connectivity index is 1.49. The van der Waals surface area contributed by atoms with Crippen molar-refractivity contribution in [1.29, 1.82) is 0 Å². The van der Waals surface area contributed by atoms with E-state index in [0.29, 0.717) is 23.2 Å². The number of carbonyl (C=O) groups excluding carboxylic acids is 1. The summed E-state index contributed by atoms with van der Waals surface area (Å²) >= 11 is 1.44. The second kappa shape index (κ2) is 8.48. The van der Waals surface area contributed by atoms with Crippen molar-refractivity contribution in [2.45, 2.75) is 19.1 Å². The second-order valence-electron chi connectivity index (χ2n) is 5.47. The lowest BCUT2D eigenvalue weighted by Crippen LogP contribution is -2.13. The van der Waals surface area contributed by atoms with E-state index < -0.39 is 0 Å². The molecule has 0 unspecified atom stereocenters. The van der Waals surface area contributed by atoms with Gasteiger partial charge in [0.15, 0.2) is 0 Å².